The molecule has 0 atom stereocenters. The lowest BCUT2D eigenvalue weighted by Gasteiger charge is -2.06. The number of anilines is 1. The molecule has 1 amide bonds. The molecule has 1 aromatic heterocycles. The molecule has 0 aliphatic heterocycles. The minimum atomic E-state index is -0.871. The van der Waals surface area contributed by atoms with Crippen molar-refractivity contribution in [2.75, 3.05) is 5.32 Å². The molecular weight excluding hydrogens is 369 g/mol. The van der Waals surface area contributed by atoms with Gasteiger partial charge in [0.15, 0.2) is 0 Å². The summed E-state index contributed by atoms with van der Waals surface area (Å²) in [4.78, 5) is 25.6. The molecule has 21 heavy (non-hydrogen) atoms. The van der Waals surface area contributed by atoms with E-state index in [0.717, 1.165) is 18.2 Å². The van der Waals surface area contributed by atoms with E-state index < -0.39 is 22.3 Å². The van der Waals surface area contributed by atoms with Gasteiger partial charge in [-0.3, -0.25) is 14.9 Å². The summed E-state index contributed by atoms with van der Waals surface area (Å²) in [6.45, 7) is 0. The Kier molecular flexibility index (Phi) is 4.49. The Morgan fingerprint density at radius 1 is 1.38 bits per heavy atom. The fourth-order valence-electron chi connectivity index (χ4n) is 1.50. The number of hydrogen-bond acceptors (Lipinski definition) is 4. The van der Waals surface area contributed by atoms with Crippen LogP contribution in [0.5, 0.6) is 0 Å². The fraction of sp³-hybridized carbons (Fsp3) is 0. The van der Waals surface area contributed by atoms with Gasteiger partial charge in [0.25, 0.3) is 11.6 Å². The van der Waals surface area contributed by atoms with Gasteiger partial charge in [-0.25, -0.2) is 9.37 Å². The number of nitrogens with one attached hydrogen (secondary N) is 1. The lowest BCUT2D eigenvalue weighted by atomic mass is 10.2. The Labute approximate surface area is 131 Å². The van der Waals surface area contributed by atoms with Crippen LogP contribution in [-0.4, -0.2) is 15.8 Å². The quantitative estimate of drug-likeness (QED) is 0.503. The number of nitrogens with zero attached hydrogens (tertiary/aromatic N) is 2. The lowest BCUT2D eigenvalue weighted by molar-refractivity contribution is -0.385. The highest BCUT2D eigenvalue weighted by Gasteiger charge is 2.15. The second-order valence-corrected chi connectivity index (χ2v) is 5.12. The van der Waals surface area contributed by atoms with Crippen molar-refractivity contribution in [3.8, 4) is 0 Å². The second kappa shape index (κ2) is 6.15. The van der Waals surface area contributed by atoms with Crippen LogP contribution in [0.2, 0.25) is 5.15 Å². The molecule has 0 radical (unpaired) electrons. The van der Waals surface area contributed by atoms with Crippen LogP contribution in [0.4, 0.5) is 15.8 Å². The molecule has 0 aliphatic rings. The number of hydrogen-bond donors (Lipinski definition) is 1. The monoisotopic (exact) mass is 373 g/mol. The summed E-state index contributed by atoms with van der Waals surface area (Å²) in [6.07, 6.45) is 1.30. The van der Waals surface area contributed by atoms with E-state index in [-0.39, 0.29) is 10.7 Å². The Morgan fingerprint density at radius 2 is 2.10 bits per heavy atom. The summed E-state index contributed by atoms with van der Waals surface area (Å²) in [7, 11) is 0. The summed E-state index contributed by atoms with van der Waals surface area (Å²) in [5.41, 5.74) is -0.369. The first-order valence-corrected chi connectivity index (χ1v) is 6.61. The zero-order valence-electron chi connectivity index (χ0n) is 10.1. The number of carbonyl (C=O) groups is 1. The molecular formula is C12H6BrClFN3O3. The standard InChI is InChI=1S/C12H6BrClFN3O3/c13-10-4-8(5-16-11(10)14)17-12(19)6-1-7(15)3-9(2-6)18(20)21/h1-5H,(H,17,19). The number of non-ortho nitro benzene ring substituents is 1. The van der Waals surface area contributed by atoms with E-state index in [1.54, 1.807) is 0 Å². The first kappa shape index (κ1) is 15.3. The van der Waals surface area contributed by atoms with Gasteiger partial charge in [-0.2, -0.15) is 0 Å². The van der Waals surface area contributed by atoms with Gasteiger partial charge in [-0.1, -0.05) is 11.6 Å². The maximum absolute atomic E-state index is 13.3. The summed E-state index contributed by atoms with van der Waals surface area (Å²) in [6, 6.07) is 4.12. The Bertz CT molecular complexity index is 742. The topological polar surface area (TPSA) is 85.1 Å². The molecule has 0 bridgehead atoms. The van der Waals surface area contributed by atoms with Crippen LogP contribution in [0.15, 0.2) is 34.9 Å². The summed E-state index contributed by atoms with van der Waals surface area (Å²) < 4.78 is 13.7. The van der Waals surface area contributed by atoms with Gasteiger partial charge >= 0.3 is 0 Å². The van der Waals surface area contributed by atoms with E-state index >= 15 is 0 Å². The van der Waals surface area contributed by atoms with Crippen molar-refractivity contribution in [3.05, 3.63) is 61.6 Å². The molecule has 0 saturated carbocycles. The third-order valence-electron chi connectivity index (χ3n) is 2.41. The average Bonchev–Trinajstić information content (AvgIpc) is 2.42. The summed E-state index contributed by atoms with van der Waals surface area (Å²) in [5, 5.41) is 13.3. The minimum absolute atomic E-state index is 0.173. The van der Waals surface area contributed by atoms with Crippen LogP contribution in [0.3, 0.4) is 0 Å². The van der Waals surface area contributed by atoms with Gasteiger partial charge < -0.3 is 5.32 Å². The predicted octanol–water partition coefficient (Wildman–Crippen LogP) is 3.80. The molecule has 1 heterocycles. The van der Waals surface area contributed by atoms with Crippen molar-refractivity contribution in [3.63, 3.8) is 0 Å². The molecule has 0 fully saturated rings. The summed E-state index contributed by atoms with van der Waals surface area (Å²) >= 11 is 8.85. The number of rotatable bonds is 3. The SMILES string of the molecule is O=C(Nc1cnc(Cl)c(Br)c1)c1cc(F)cc([N+](=O)[O-])c1. The third kappa shape index (κ3) is 3.73. The molecule has 0 spiro atoms. The van der Waals surface area contributed by atoms with E-state index in [1.807, 2.05) is 0 Å². The highest BCUT2D eigenvalue weighted by atomic mass is 79.9. The zero-order valence-corrected chi connectivity index (χ0v) is 12.5. The normalized spacial score (nSPS) is 10.2. The maximum atomic E-state index is 13.3. The van der Waals surface area contributed by atoms with Gasteiger partial charge in [0.2, 0.25) is 0 Å². The number of benzene rings is 1. The highest BCUT2D eigenvalue weighted by molar-refractivity contribution is 9.10. The number of halogens is 3. The zero-order chi connectivity index (χ0) is 15.6. The molecule has 1 N–H and O–H groups in total. The summed E-state index contributed by atoms with van der Waals surface area (Å²) in [5.74, 6) is -1.57. The minimum Gasteiger partial charge on any atom is -0.321 e. The van der Waals surface area contributed by atoms with Gasteiger partial charge in [0.05, 0.1) is 27.3 Å². The third-order valence-corrected chi connectivity index (χ3v) is 3.54. The number of nitro groups is 1. The highest BCUT2D eigenvalue weighted by Crippen LogP contribution is 2.23. The van der Waals surface area contributed by atoms with Crippen LogP contribution < -0.4 is 5.32 Å². The van der Waals surface area contributed by atoms with Gasteiger partial charge in [0, 0.05) is 11.6 Å². The average molecular weight is 375 g/mol. The van der Waals surface area contributed by atoms with E-state index in [1.165, 1.54) is 12.3 Å². The van der Waals surface area contributed by atoms with Crippen LogP contribution in [0.1, 0.15) is 10.4 Å². The second-order valence-electron chi connectivity index (χ2n) is 3.91. The molecule has 9 heteroatoms. The van der Waals surface area contributed by atoms with Crippen molar-refractivity contribution < 1.29 is 14.1 Å². The Morgan fingerprint density at radius 3 is 2.71 bits per heavy atom. The van der Waals surface area contributed by atoms with Gasteiger partial charge in [-0.15, -0.1) is 0 Å². The van der Waals surface area contributed by atoms with Crippen molar-refractivity contribution in [2.24, 2.45) is 0 Å². The van der Waals surface area contributed by atoms with Crippen LogP contribution >= 0.6 is 27.5 Å². The number of pyridine rings is 1. The Hall–Kier alpha value is -2.06. The van der Waals surface area contributed by atoms with Crippen LogP contribution in [0, 0.1) is 15.9 Å². The smallest absolute Gasteiger partial charge is 0.273 e. The van der Waals surface area contributed by atoms with E-state index in [0.29, 0.717) is 10.2 Å². The van der Waals surface area contributed by atoms with E-state index in [2.05, 4.69) is 26.2 Å². The lowest BCUT2D eigenvalue weighted by Crippen LogP contribution is -2.12. The van der Waals surface area contributed by atoms with Crippen molar-refractivity contribution in [2.45, 2.75) is 0 Å². The number of aromatic nitrogens is 1. The first-order valence-electron chi connectivity index (χ1n) is 5.44. The predicted molar refractivity (Wildman–Crippen MR) is 78.0 cm³/mol. The molecule has 2 rings (SSSR count). The first-order chi connectivity index (χ1) is 9.86. The largest absolute Gasteiger partial charge is 0.321 e. The van der Waals surface area contributed by atoms with Crippen molar-refractivity contribution in [1.29, 1.82) is 0 Å². The van der Waals surface area contributed by atoms with Crippen LogP contribution in [-0.2, 0) is 0 Å². The van der Waals surface area contributed by atoms with Crippen LogP contribution in [0.25, 0.3) is 0 Å². The molecule has 0 saturated heterocycles. The van der Waals surface area contributed by atoms with Gasteiger partial charge in [0.1, 0.15) is 11.0 Å². The number of nitro benzene ring substituents is 1. The fourth-order valence-corrected chi connectivity index (χ4v) is 1.96. The molecule has 108 valence electrons. The molecule has 2 aromatic rings. The number of amides is 1. The number of carbonyl (C=O) groups excluding carboxylic acids is 1. The van der Waals surface area contributed by atoms with E-state index in [9.17, 15) is 19.3 Å². The van der Waals surface area contributed by atoms with Crippen molar-refractivity contribution in [1.82, 2.24) is 4.98 Å². The molecule has 0 aliphatic carbocycles. The van der Waals surface area contributed by atoms with Gasteiger partial charge in [-0.05, 0) is 28.1 Å². The molecule has 6 nitrogen and oxygen atoms in total. The van der Waals surface area contributed by atoms with E-state index in [4.69, 9.17) is 11.6 Å². The molecule has 0 unspecified atom stereocenters. The molecule has 1 aromatic carbocycles. The van der Waals surface area contributed by atoms with Crippen molar-refractivity contribution >= 4 is 44.8 Å². The maximum Gasteiger partial charge on any atom is 0.273 e. The Balaban J connectivity index is 2.27.